The van der Waals surface area contributed by atoms with Crippen LogP contribution in [0.25, 0.3) is 11.1 Å². The van der Waals surface area contributed by atoms with Crippen LogP contribution in [0.15, 0.2) is 42.5 Å². The van der Waals surface area contributed by atoms with E-state index in [1.807, 2.05) is 19.2 Å². The van der Waals surface area contributed by atoms with Gasteiger partial charge in [0, 0.05) is 0 Å². The lowest BCUT2D eigenvalue weighted by molar-refractivity contribution is -0.137. The highest BCUT2D eigenvalue weighted by Crippen LogP contribution is 2.47. The molecule has 24 heavy (non-hydrogen) atoms. The van der Waals surface area contributed by atoms with Gasteiger partial charge in [0.15, 0.2) is 0 Å². The number of hydrogen-bond donors (Lipinski definition) is 1. The molecule has 1 aliphatic carbocycles. The van der Waals surface area contributed by atoms with E-state index in [0.29, 0.717) is 11.8 Å². The van der Waals surface area contributed by atoms with Gasteiger partial charge in [-0.2, -0.15) is 13.2 Å². The zero-order valence-corrected chi connectivity index (χ0v) is 14.0. The maximum Gasteiger partial charge on any atom is 0.416 e. The van der Waals surface area contributed by atoms with E-state index in [4.69, 9.17) is 0 Å². The van der Waals surface area contributed by atoms with Crippen molar-refractivity contribution >= 4 is 0 Å². The van der Waals surface area contributed by atoms with Crippen LogP contribution < -0.4 is 5.32 Å². The van der Waals surface area contributed by atoms with Gasteiger partial charge in [0.1, 0.15) is 0 Å². The van der Waals surface area contributed by atoms with Gasteiger partial charge in [0.25, 0.3) is 0 Å². The Bertz CT molecular complexity index is 704. The first kappa shape index (κ1) is 17.0. The van der Waals surface area contributed by atoms with Crippen LogP contribution in [0.1, 0.15) is 48.3 Å². The minimum absolute atomic E-state index is 0.431. The van der Waals surface area contributed by atoms with E-state index in [-0.39, 0.29) is 0 Å². The van der Waals surface area contributed by atoms with E-state index in [1.165, 1.54) is 23.3 Å². The Balaban J connectivity index is 1.97. The summed E-state index contributed by atoms with van der Waals surface area (Å²) in [7, 11) is 1.96. The fourth-order valence-electron chi connectivity index (χ4n) is 3.84. The summed E-state index contributed by atoms with van der Waals surface area (Å²) < 4.78 is 38.3. The fraction of sp³-hybridized carbons (Fsp3) is 0.400. The van der Waals surface area contributed by atoms with Gasteiger partial charge in [-0.3, -0.25) is 0 Å². The molecule has 0 aromatic heterocycles. The molecule has 1 N–H and O–H groups in total. The Morgan fingerprint density at radius 3 is 2.42 bits per heavy atom. The molecular formula is C20H22F3N. The van der Waals surface area contributed by atoms with Crippen LogP contribution >= 0.6 is 0 Å². The van der Waals surface area contributed by atoms with Gasteiger partial charge in [0.2, 0.25) is 0 Å². The van der Waals surface area contributed by atoms with Gasteiger partial charge >= 0.3 is 6.18 Å². The average Bonchev–Trinajstić information content (AvgIpc) is 2.89. The molecule has 2 atom stereocenters. The maximum atomic E-state index is 12.8. The number of hydrogen-bond acceptors (Lipinski definition) is 1. The summed E-state index contributed by atoms with van der Waals surface area (Å²) in [6, 6.07) is 11.7. The van der Waals surface area contributed by atoms with Crippen molar-refractivity contribution in [2.75, 3.05) is 13.6 Å². The minimum Gasteiger partial charge on any atom is -0.320 e. The molecule has 0 radical (unpaired) electrons. The second-order valence-electron chi connectivity index (χ2n) is 6.61. The molecule has 0 spiro atoms. The molecule has 0 bridgehead atoms. The minimum atomic E-state index is -4.29. The van der Waals surface area contributed by atoms with Crippen molar-refractivity contribution in [2.24, 2.45) is 0 Å². The third-order valence-electron chi connectivity index (χ3n) is 4.98. The first-order valence-corrected chi connectivity index (χ1v) is 8.37. The number of rotatable bonds is 4. The second-order valence-corrected chi connectivity index (χ2v) is 6.61. The van der Waals surface area contributed by atoms with Crippen molar-refractivity contribution in [1.29, 1.82) is 0 Å². The van der Waals surface area contributed by atoms with Crippen molar-refractivity contribution in [3.63, 3.8) is 0 Å². The molecule has 0 aliphatic heterocycles. The van der Waals surface area contributed by atoms with Gasteiger partial charge in [-0.05, 0) is 72.7 Å². The first-order chi connectivity index (χ1) is 11.4. The van der Waals surface area contributed by atoms with Gasteiger partial charge in [-0.25, -0.2) is 0 Å². The monoisotopic (exact) mass is 333 g/mol. The lowest BCUT2D eigenvalue weighted by Gasteiger charge is -2.14. The third-order valence-corrected chi connectivity index (χ3v) is 4.98. The zero-order valence-electron chi connectivity index (χ0n) is 14.0. The quantitative estimate of drug-likeness (QED) is 0.771. The van der Waals surface area contributed by atoms with Crippen molar-refractivity contribution in [3.8, 4) is 11.1 Å². The second kappa shape index (κ2) is 6.60. The van der Waals surface area contributed by atoms with Gasteiger partial charge in [-0.1, -0.05) is 37.3 Å². The highest BCUT2D eigenvalue weighted by atomic mass is 19.4. The van der Waals surface area contributed by atoms with Crippen LogP contribution in [0.4, 0.5) is 13.2 Å². The van der Waals surface area contributed by atoms with E-state index >= 15 is 0 Å². The molecular weight excluding hydrogens is 311 g/mol. The SMILES string of the molecule is CNCC[C@@H]1C[C@@H](C)c2c(-c3ccc(C(F)(F)F)cc3)cccc21. The fourth-order valence-corrected chi connectivity index (χ4v) is 3.84. The predicted octanol–water partition coefficient (Wildman–Crippen LogP) is 5.57. The molecule has 4 heteroatoms. The van der Waals surface area contributed by atoms with Crippen LogP contribution in [0.2, 0.25) is 0 Å². The van der Waals surface area contributed by atoms with E-state index in [2.05, 4.69) is 18.3 Å². The summed E-state index contributed by atoms with van der Waals surface area (Å²) in [6.45, 7) is 3.19. The maximum absolute atomic E-state index is 12.8. The van der Waals surface area contributed by atoms with E-state index in [9.17, 15) is 13.2 Å². The molecule has 3 rings (SSSR count). The van der Waals surface area contributed by atoms with Crippen molar-refractivity contribution < 1.29 is 13.2 Å². The molecule has 128 valence electrons. The van der Waals surface area contributed by atoms with E-state index in [0.717, 1.165) is 30.5 Å². The van der Waals surface area contributed by atoms with Crippen LogP contribution in [0, 0.1) is 0 Å². The molecule has 2 aromatic rings. The molecule has 0 saturated heterocycles. The number of benzene rings is 2. The number of halogens is 3. The van der Waals surface area contributed by atoms with Crippen LogP contribution in [0.5, 0.6) is 0 Å². The molecule has 1 nitrogen and oxygen atoms in total. The number of fused-ring (bicyclic) bond motifs is 1. The number of nitrogens with one attached hydrogen (secondary N) is 1. The average molecular weight is 333 g/mol. The summed E-state index contributed by atoms with van der Waals surface area (Å²) in [5.41, 5.74) is 3.99. The van der Waals surface area contributed by atoms with E-state index in [1.54, 1.807) is 12.1 Å². The van der Waals surface area contributed by atoms with Crippen LogP contribution in [-0.4, -0.2) is 13.6 Å². The smallest absolute Gasteiger partial charge is 0.320 e. The Morgan fingerprint density at radius 1 is 1.08 bits per heavy atom. The van der Waals surface area contributed by atoms with Gasteiger partial charge in [-0.15, -0.1) is 0 Å². The third kappa shape index (κ3) is 3.20. The molecule has 0 unspecified atom stereocenters. The topological polar surface area (TPSA) is 12.0 Å². The first-order valence-electron chi connectivity index (χ1n) is 8.37. The summed E-state index contributed by atoms with van der Waals surface area (Å²) >= 11 is 0. The largest absolute Gasteiger partial charge is 0.416 e. The molecule has 2 aromatic carbocycles. The Kier molecular flexibility index (Phi) is 4.68. The number of alkyl halides is 3. The standard InChI is InChI=1S/C20H22F3N/c1-13-12-15(10-11-24-2)18-5-3-4-17(19(13)18)14-6-8-16(9-7-14)20(21,22)23/h3-9,13,15,24H,10-12H2,1-2H3/t13-,15-/m1/s1. The van der Waals surface area contributed by atoms with Gasteiger partial charge < -0.3 is 5.32 Å². The van der Waals surface area contributed by atoms with Crippen molar-refractivity contribution in [3.05, 3.63) is 59.2 Å². The van der Waals surface area contributed by atoms with Crippen LogP contribution in [-0.2, 0) is 6.18 Å². The summed E-state index contributed by atoms with van der Waals surface area (Å²) in [5, 5.41) is 3.20. The predicted molar refractivity (Wildman–Crippen MR) is 91.2 cm³/mol. The van der Waals surface area contributed by atoms with Crippen LogP contribution in [0.3, 0.4) is 0 Å². The molecule has 0 fully saturated rings. The Hall–Kier alpha value is -1.81. The highest BCUT2D eigenvalue weighted by molar-refractivity contribution is 5.71. The summed E-state index contributed by atoms with van der Waals surface area (Å²) in [5.74, 6) is 0.956. The zero-order chi connectivity index (χ0) is 17.3. The highest BCUT2D eigenvalue weighted by Gasteiger charge is 2.32. The molecule has 1 aliphatic rings. The van der Waals surface area contributed by atoms with Gasteiger partial charge in [0.05, 0.1) is 5.56 Å². The molecule has 0 saturated carbocycles. The molecule has 0 amide bonds. The van der Waals surface area contributed by atoms with Crippen molar-refractivity contribution in [2.45, 2.75) is 37.8 Å². The Morgan fingerprint density at radius 2 is 1.79 bits per heavy atom. The normalized spacial score (nSPS) is 20.2. The van der Waals surface area contributed by atoms with E-state index < -0.39 is 11.7 Å². The van der Waals surface area contributed by atoms with Crippen molar-refractivity contribution in [1.82, 2.24) is 5.32 Å². The summed E-state index contributed by atoms with van der Waals surface area (Å²) in [4.78, 5) is 0. The summed E-state index contributed by atoms with van der Waals surface area (Å²) in [6.07, 6.45) is -2.10. The molecule has 0 heterocycles. The lowest BCUT2D eigenvalue weighted by Crippen LogP contribution is -2.10. The Labute approximate surface area is 140 Å². The lowest BCUT2D eigenvalue weighted by atomic mass is 9.91.